The van der Waals surface area contributed by atoms with Crippen molar-refractivity contribution in [3.05, 3.63) is 42.5 Å². The predicted molar refractivity (Wildman–Crippen MR) is 109 cm³/mol. The molecule has 1 saturated carbocycles. The van der Waals surface area contributed by atoms with Gasteiger partial charge in [0.15, 0.2) is 11.7 Å². The van der Waals surface area contributed by atoms with Gasteiger partial charge < -0.3 is 5.11 Å². The molecule has 3 nitrogen and oxygen atoms in total. The molecule has 2 aromatic rings. The third-order valence-corrected chi connectivity index (χ3v) is 8.32. The Morgan fingerprint density at radius 1 is 1.12 bits per heavy atom. The van der Waals surface area contributed by atoms with Crippen LogP contribution in [0.1, 0.15) is 38.5 Å². The largest absolute Gasteiger partial charge is 0.481 e. The summed E-state index contributed by atoms with van der Waals surface area (Å²) in [4.78, 5) is 12.7. The van der Waals surface area contributed by atoms with Crippen LogP contribution in [0.2, 0.25) is 0 Å². The van der Waals surface area contributed by atoms with Crippen LogP contribution in [0.25, 0.3) is 10.8 Å². The van der Waals surface area contributed by atoms with Crippen molar-refractivity contribution >= 4 is 36.3 Å². The zero-order chi connectivity index (χ0) is 18.4. The van der Waals surface area contributed by atoms with Gasteiger partial charge in [-0.25, -0.2) is 0 Å². The SMILES string of the molecule is O=C(O)C(CC1CCCCC1)C[P+](=O)CSc1ccc2ccccc2c1. The van der Waals surface area contributed by atoms with E-state index in [4.69, 9.17) is 0 Å². The van der Waals surface area contributed by atoms with Crippen molar-refractivity contribution in [1.82, 2.24) is 0 Å². The standard InChI is InChI=1S/C21H25O3PS/c22-21(23)19(12-16-6-2-1-3-7-16)14-25(24)15-26-20-11-10-17-8-4-5-9-18(17)13-20/h4-5,8-11,13,16,19H,1-3,6-7,12,14-15H2/p+1. The number of carbonyl (C=O) groups is 1. The smallest absolute Gasteiger partial charge is 0.350 e. The van der Waals surface area contributed by atoms with E-state index >= 15 is 0 Å². The molecule has 0 amide bonds. The topological polar surface area (TPSA) is 54.4 Å². The number of thioether (sulfide) groups is 1. The Balaban J connectivity index is 1.53. The lowest BCUT2D eigenvalue weighted by Crippen LogP contribution is -2.21. The van der Waals surface area contributed by atoms with Gasteiger partial charge in [0.1, 0.15) is 5.92 Å². The first kappa shape index (κ1) is 19.4. The van der Waals surface area contributed by atoms with Gasteiger partial charge in [-0.15, -0.1) is 0 Å². The average Bonchev–Trinajstić information content (AvgIpc) is 2.66. The summed E-state index contributed by atoms with van der Waals surface area (Å²) in [6.07, 6.45) is 6.95. The van der Waals surface area contributed by atoms with E-state index < -0.39 is 19.7 Å². The lowest BCUT2D eigenvalue weighted by Gasteiger charge is -2.23. The second-order valence-corrected chi connectivity index (χ2v) is 10.3. The molecule has 0 spiro atoms. The lowest BCUT2D eigenvalue weighted by atomic mass is 9.83. The number of carboxylic acid groups (broad SMARTS) is 1. The number of hydrogen-bond acceptors (Lipinski definition) is 3. The van der Waals surface area contributed by atoms with Crippen molar-refractivity contribution in [1.29, 1.82) is 0 Å². The summed E-state index contributed by atoms with van der Waals surface area (Å²) in [5.74, 6) is -0.741. The van der Waals surface area contributed by atoms with E-state index in [-0.39, 0.29) is 0 Å². The highest BCUT2D eigenvalue weighted by molar-refractivity contribution is 8.03. The number of hydrogen-bond donors (Lipinski definition) is 1. The summed E-state index contributed by atoms with van der Waals surface area (Å²) >= 11 is 1.57. The first-order valence-electron chi connectivity index (χ1n) is 9.38. The van der Waals surface area contributed by atoms with Crippen LogP contribution in [-0.4, -0.2) is 22.7 Å². The molecule has 2 unspecified atom stereocenters. The number of carboxylic acids is 1. The van der Waals surface area contributed by atoms with Crippen LogP contribution in [0, 0.1) is 11.8 Å². The van der Waals surface area contributed by atoms with Crippen LogP contribution in [-0.2, 0) is 9.36 Å². The molecule has 0 bridgehead atoms. The van der Waals surface area contributed by atoms with E-state index in [1.54, 1.807) is 11.8 Å². The Kier molecular flexibility index (Phi) is 7.10. The van der Waals surface area contributed by atoms with Crippen molar-refractivity contribution in [2.75, 3.05) is 11.7 Å². The number of rotatable bonds is 8. The van der Waals surface area contributed by atoms with Gasteiger partial charge in [-0.2, -0.15) is 0 Å². The molecule has 3 rings (SSSR count). The van der Waals surface area contributed by atoms with E-state index in [1.165, 1.54) is 30.0 Å². The van der Waals surface area contributed by atoms with Crippen LogP contribution in [0.15, 0.2) is 47.4 Å². The minimum absolute atomic E-state index is 0.307. The van der Waals surface area contributed by atoms with Crippen molar-refractivity contribution in [2.45, 2.75) is 43.4 Å². The maximum absolute atomic E-state index is 12.5. The molecule has 2 aromatic carbocycles. The minimum atomic E-state index is -1.51. The Morgan fingerprint density at radius 3 is 2.58 bits per heavy atom. The molecule has 138 valence electrons. The second-order valence-electron chi connectivity index (χ2n) is 7.22. The normalized spacial score (nSPS) is 17.2. The van der Waals surface area contributed by atoms with Crippen LogP contribution < -0.4 is 0 Å². The molecule has 0 aromatic heterocycles. The summed E-state index contributed by atoms with van der Waals surface area (Å²) in [5.41, 5.74) is 0.488. The lowest BCUT2D eigenvalue weighted by molar-refractivity contribution is -0.141. The van der Waals surface area contributed by atoms with Gasteiger partial charge >= 0.3 is 13.8 Å². The minimum Gasteiger partial charge on any atom is -0.481 e. The van der Waals surface area contributed by atoms with Gasteiger partial charge in [-0.1, -0.05) is 78.8 Å². The van der Waals surface area contributed by atoms with Crippen molar-refractivity contribution < 1.29 is 14.5 Å². The van der Waals surface area contributed by atoms with Gasteiger partial charge in [-0.3, -0.25) is 4.79 Å². The maximum atomic E-state index is 12.5. The highest BCUT2D eigenvalue weighted by Crippen LogP contribution is 2.37. The van der Waals surface area contributed by atoms with Crippen molar-refractivity contribution in [2.24, 2.45) is 11.8 Å². The summed E-state index contributed by atoms with van der Waals surface area (Å²) in [6.45, 7) is 0. The summed E-state index contributed by atoms with van der Waals surface area (Å²) in [5, 5.41) is 11.9. The molecule has 0 radical (unpaired) electrons. The molecule has 1 fully saturated rings. The van der Waals surface area contributed by atoms with Crippen molar-refractivity contribution in [3.63, 3.8) is 0 Å². The highest BCUT2D eigenvalue weighted by atomic mass is 32.2. The fourth-order valence-corrected chi connectivity index (χ4v) is 6.55. The third-order valence-electron chi connectivity index (χ3n) is 5.21. The molecule has 1 aliphatic rings. The molecule has 5 heteroatoms. The highest BCUT2D eigenvalue weighted by Gasteiger charge is 2.31. The summed E-state index contributed by atoms with van der Waals surface area (Å²) in [6, 6.07) is 14.4. The number of benzene rings is 2. The number of fused-ring (bicyclic) bond motifs is 1. The molecule has 1 N–H and O–H groups in total. The zero-order valence-electron chi connectivity index (χ0n) is 15.0. The van der Waals surface area contributed by atoms with E-state index in [1.807, 2.05) is 18.2 Å². The van der Waals surface area contributed by atoms with Crippen LogP contribution >= 0.6 is 19.6 Å². The second kappa shape index (κ2) is 9.53. The van der Waals surface area contributed by atoms with E-state index in [2.05, 4.69) is 24.3 Å². The maximum Gasteiger partial charge on any atom is 0.350 e. The molecular weight excluding hydrogens is 363 g/mol. The van der Waals surface area contributed by atoms with Gasteiger partial charge in [-0.05, 0) is 35.2 Å². The Labute approximate surface area is 160 Å². The first-order valence-corrected chi connectivity index (χ1v) is 12.0. The molecule has 0 saturated heterocycles. The van der Waals surface area contributed by atoms with E-state index in [0.717, 1.165) is 17.7 Å². The molecular formula is C21H26O3PS+. The Morgan fingerprint density at radius 2 is 1.85 bits per heavy atom. The summed E-state index contributed by atoms with van der Waals surface area (Å²) in [7, 11) is -1.51. The van der Waals surface area contributed by atoms with Crippen LogP contribution in [0.5, 0.6) is 0 Å². The van der Waals surface area contributed by atoms with Crippen LogP contribution in [0.3, 0.4) is 0 Å². The van der Waals surface area contributed by atoms with Gasteiger partial charge in [0.25, 0.3) is 0 Å². The van der Waals surface area contributed by atoms with Gasteiger partial charge in [0.05, 0.1) is 0 Å². The molecule has 2 atom stereocenters. The quantitative estimate of drug-likeness (QED) is 0.420. The van der Waals surface area contributed by atoms with E-state index in [9.17, 15) is 14.5 Å². The fourth-order valence-electron chi connectivity index (χ4n) is 3.78. The van der Waals surface area contributed by atoms with Gasteiger partial charge in [0, 0.05) is 4.90 Å². The Hall–Kier alpha value is -1.38. The number of aliphatic carboxylic acids is 1. The Bertz CT molecular complexity index is 771. The average molecular weight is 389 g/mol. The van der Waals surface area contributed by atoms with Crippen LogP contribution in [0.4, 0.5) is 0 Å². The fraction of sp³-hybridized carbons (Fsp3) is 0.476. The molecule has 1 aliphatic carbocycles. The third kappa shape index (κ3) is 5.56. The molecule has 0 aliphatic heterocycles. The molecule has 0 heterocycles. The monoisotopic (exact) mass is 389 g/mol. The van der Waals surface area contributed by atoms with Gasteiger partial charge in [0.2, 0.25) is 0 Å². The summed E-state index contributed by atoms with van der Waals surface area (Å²) < 4.78 is 12.5. The van der Waals surface area contributed by atoms with Crippen molar-refractivity contribution in [3.8, 4) is 0 Å². The predicted octanol–water partition coefficient (Wildman–Crippen LogP) is 6.39. The van der Waals surface area contributed by atoms with E-state index in [0.29, 0.717) is 24.0 Å². The zero-order valence-corrected chi connectivity index (χ0v) is 16.7. The molecule has 26 heavy (non-hydrogen) atoms. The first-order chi connectivity index (χ1) is 12.6.